The van der Waals surface area contributed by atoms with Gasteiger partial charge in [0.05, 0.1) is 23.3 Å². The molecule has 0 atom stereocenters. The molecule has 1 aliphatic carbocycles. The highest BCUT2D eigenvalue weighted by atomic mass is 15.3. The van der Waals surface area contributed by atoms with Crippen molar-refractivity contribution in [1.29, 1.82) is 0 Å². The van der Waals surface area contributed by atoms with Crippen molar-refractivity contribution in [2.24, 2.45) is 0 Å². The summed E-state index contributed by atoms with van der Waals surface area (Å²) in [5, 5.41) is 3.28. The van der Waals surface area contributed by atoms with Gasteiger partial charge >= 0.3 is 0 Å². The third-order valence-electron chi connectivity index (χ3n) is 6.62. The molecule has 3 aliphatic rings. The first-order valence-electron chi connectivity index (χ1n) is 9.78. The summed E-state index contributed by atoms with van der Waals surface area (Å²) in [6.07, 6.45) is 8.43. The molecule has 1 spiro atoms. The van der Waals surface area contributed by atoms with Crippen LogP contribution in [0.4, 0.5) is 11.8 Å². The van der Waals surface area contributed by atoms with Gasteiger partial charge in [0.2, 0.25) is 5.95 Å². The van der Waals surface area contributed by atoms with Crippen molar-refractivity contribution in [3.63, 3.8) is 0 Å². The quantitative estimate of drug-likeness (QED) is 0.856. The first-order valence-corrected chi connectivity index (χ1v) is 9.78. The number of aryl methyl sites for hydroxylation is 1. The molecule has 1 saturated heterocycles. The van der Waals surface area contributed by atoms with Gasteiger partial charge in [-0.1, -0.05) is 0 Å². The second-order valence-electron chi connectivity index (χ2n) is 7.82. The number of aromatic amines is 1. The van der Waals surface area contributed by atoms with Crippen LogP contribution in [-0.2, 0) is 24.8 Å². The highest BCUT2D eigenvalue weighted by Crippen LogP contribution is 2.42. The normalized spacial score (nSPS) is 21.7. The Morgan fingerprint density at radius 1 is 1.12 bits per heavy atom. The number of anilines is 2. The molecule has 1 fully saturated rings. The minimum Gasteiger partial charge on any atom is -0.373 e. The Kier molecular flexibility index (Phi) is 3.67. The number of imidazole rings is 1. The van der Waals surface area contributed by atoms with Crippen LogP contribution in [0.5, 0.6) is 0 Å². The number of hydrogen-bond acceptors (Lipinski definition) is 6. The van der Waals surface area contributed by atoms with Crippen molar-refractivity contribution in [2.45, 2.75) is 44.1 Å². The van der Waals surface area contributed by atoms with Crippen molar-refractivity contribution < 1.29 is 0 Å². The van der Waals surface area contributed by atoms with E-state index in [1.807, 2.05) is 13.4 Å². The van der Waals surface area contributed by atoms with Gasteiger partial charge in [0.1, 0.15) is 5.82 Å². The van der Waals surface area contributed by atoms with Crippen LogP contribution in [0.2, 0.25) is 0 Å². The van der Waals surface area contributed by atoms with Crippen LogP contribution in [0.3, 0.4) is 0 Å². The molecule has 0 amide bonds. The second kappa shape index (κ2) is 5.94. The smallest absolute Gasteiger partial charge is 0.227 e. The predicted molar refractivity (Wildman–Crippen MR) is 102 cm³/mol. The predicted octanol–water partition coefficient (Wildman–Crippen LogP) is 1.71. The van der Waals surface area contributed by atoms with Gasteiger partial charge in [-0.05, 0) is 39.2 Å². The highest BCUT2D eigenvalue weighted by Gasteiger charge is 2.45. The summed E-state index contributed by atoms with van der Waals surface area (Å²) in [6.45, 7) is 3.03. The summed E-state index contributed by atoms with van der Waals surface area (Å²) >= 11 is 0. The van der Waals surface area contributed by atoms with Gasteiger partial charge in [-0.2, -0.15) is 4.98 Å². The number of nitrogens with one attached hydrogen (secondary N) is 2. The van der Waals surface area contributed by atoms with Crippen LogP contribution < -0.4 is 10.2 Å². The number of rotatable bonds is 2. The first kappa shape index (κ1) is 16.1. The molecule has 4 heterocycles. The summed E-state index contributed by atoms with van der Waals surface area (Å²) in [6, 6.07) is 0. The van der Waals surface area contributed by atoms with Crippen LogP contribution in [0.25, 0.3) is 0 Å². The van der Waals surface area contributed by atoms with Crippen LogP contribution in [0.15, 0.2) is 6.33 Å². The van der Waals surface area contributed by atoms with E-state index < -0.39 is 0 Å². The molecule has 2 aromatic heterocycles. The average molecular weight is 353 g/mol. The zero-order chi connectivity index (χ0) is 17.7. The third kappa shape index (κ3) is 2.26. The number of fused-ring (bicyclic) bond motifs is 3. The lowest BCUT2D eigenvalue weighted by Crippen LogP contribution is -2.55. The number of hydrogen-bond donors (Lipinski definition) is 2. The molecule has 2 aliphatic heterocycles. The topological polar surface area (TPSA) is 73.0 Å². The number of piperidine rings is 1. The Balaban J connectivity index is 1.42. The van der Waals surface area contributed by atoms with Crippen molar-refractivity contribution in [3.05, 3.63) is 29.0 Å². The lowest BCUT2D eigenvalue weighted by molar-refractivity contribution is 0.0710. The fourth-order valence-corrected chi connectivity index (χ4v) is 5.05. The zero-order valence-corrected chi connectivity index (χ0v) is 15.7. The van der Waals surface area contributed by atoms with Crippen molar-refractivity contribution >= 4 is 11.8 Å². The molecule has 0 radical (unpaired) electrons. The number of H-pyrrole nitrogens is 1. The Morgan fingerprint density at radius 3 is 2.77 bits per heavy atom. The molecule has 0 aromatic carbocycles. The van der Waals surface area contributed by atoms with Gasteiger partial charge < -0.3 is 15.2 Å². The van der Waals surface area contributed by atoms with Gasteiger partial charge in [-0.15, -0.1) is 0 Å². The molecule has 2 aromatic rings. The highest BCUT2D eigenvalue weighted by molar-refractivity contribution is 5.53. The Hall–Kier alpha value is -2.15. The maximum Gasteiger partial charge on any atom is 0.227 e. The van der Waals surface area contributed by atoms with Crippen molar-refractivity contribution in [2.75, 3.05) is 43.9 Å². The minimum atomic E-state index is 0.0622. The van der Waals surface area contributed by atoms with E-state index in [-0.39, 0.29) is 5.54 Å². The number of nitrogens with zero attached hydrogens (tertiary/aromatic N) is 5. The van der Waals surface area contributed by atoms with E-state index in [1.165, 1.54) is 29.1 Å². The molecular formula is C19H27N7. The summed E-state index contributed by atoms with van der Waals surface area (Å²) in [5.74, 6) is 1.91. The van der Waals surface area contributed by atoms with Crippen LogP contribution in [0, 0.1) is 0 Å². The van der Waals surface area contributed by atoms with E-state index >= 15 is 0 Å². The van der Waals surface area contributed by atoms with E-state index in [0.29, 0.717) is 0 Å². The number of aromatic nitrogens is 4. The second-order valence-corrected chi connectivity index (χ2v) is 7.82. The molecule has 7 heteroatoms. The minimum absolute atomic E-state index is 0.0622. The van der Waals surface area contributed by atoms with Crippen LogP contribution in [0.1, 0.15) is 41.9 Å². The molecule has 5 rings (SSSR count). The molecule has 0 unspecified atom stereocenters. The monoisotopic (exact) mass is 353 g/mol. The summed E-state index contributed by atoms with van der Waals surface area (Å²) < 4.78 is 0. The lowest BCUT2D eigenvalue weighted by atomic mass is 9.79. The Bertz CT molecular complexity index is 819. The summed E-state index contributed by atoms with van der Waals surface area (Å²) in [5.41, 5.74) is 5.20. The van der Waals surface area contributed by atoms with Gasteiger partial charge in [0.25, 0.3) is 0 Å². The Morgan fingerprint density at radius 2 is 1.96 bits per heavy atom. The third-order valence-corrected chi connectivity index (χ3v) is 6.62. The van der Waals surface area contributed by atoms with Gasteiger partial charge in [-0.25, -0.2) is 9.97 Å². The molecule has 2 N–H and O–H groups in total. The van der Waals surface area contributed by atoms with E-state index in [2.05, 4.69) is 27.1 Å². The SMILES string of the molecule is CNc1nc(N2CCC3(CC2)c2nc[nH]c2CCN3C)nc2c1CCC2. The van der Waals surface area contributed by atoms with Gasteiger partial charge in [-0.3, -0.25) is 4.90 Å². The fraction of sp³-hybridized carbons (Fsp3) is 0.632. The molecule has 26 heavy (non-hydrogen) atoms. The molecular weight excluding hydrogens is 326 g/mol. The standard InChI is InChI=1S/C19H27N7/c1-20-17-13-4-3-5-14(13)23-18(24-17)26-10-7-19(8-11-26)16-15(21-12-22-16)6-9-25(19)2/h12H,3-11H2,1-2H3,(H,21,22)(H,20,23,24). The van der Waals surface area contributed by atoms with Gasteiger partial charge in [0, 0.05) is 44.4 Å². The largest absolute Gasteiger partial charge is 0.373 e. The maximum atomic E-state index is 4.91. The Labute approximate surface area is 154 Å². The maximum absolute atomic E-state index is 4.91. The van der Waals surface area contributed by atoms with E-state index in [9.17, 15) is 0 Å². The van der Waals surface area contributed by atoms with E-state index in [0.717, 1.165) is 63.5 Å². The van der Waals surface area contributed by atoms with Crippen LogP contribution in [-0.4, -0.2) is 58.6 Å². The van der Waals surface area contributed by atoms with E-state index in [1.54, 1.807) is 0 Å². The van der Waals surface area contributed by atoms with Gasteiger partial charge in [0.15, 0.2) is 0 Å². The molecule has 0 saturated carbocycles. The first-order chi connectivity index (χ1) is 12.7. The summed E-state index contributed by atoms with van der Waals surface area (Å²) in [7, 11) is 4.21. The summed E-state index contributed by atoms with van der Waals surface area (Å²) in [4.78, 5) is 22.7. The van der Waals surface area contributed by atoms with Crippen molar-refractivity contribution in [1.82, 2.24) is 24.8 Å². The average Bonchev–Trinajstić information content (AvgIpc) is 3.34. The fourth-order valence-electron chi connectivity index (χ4n) is 5.05. The molecule has 0 bridgehead atoms. The zero-order valence-electron chi connectivity index (χ0n) is 15.7. The molecule has 138 valence electrons. The molecule has 7 nitrogen and oxygen atoms in total. The van der Waals surface area contributed by atoms with Crippen molar-refractivity contribution in [3.8, 4) is 0 Å². The number of likely N-dealkylation sites (N-methyl/N-ethyl adjacent to an activating group) is 1. The van der Waals surface area contributed by atoms with Crippen LogP contribution >= 0.6 is 0 Å². The lowest BCUT2D eigenvalue weighted by Gasteiger charge is -2.49. The van der Waals surface area contributed by atoms with E-state index in [4.69, 9.17) is 15.0 Å².